The zero-order valence-electron chi connectivity index (χ0n) is 36.2. The van der Waals surface area contributed by atoms with Gasteiger partial charge in [0, 0.05) is 6.42 Å². The first-order valence-electron chi connectivity index (χ1n) is 23.9. The van der Waals surface area contributed by atoms with Crippen molar-refractivity contribution in [2.24, 2.45) is 5.92 Å². The second-order valence-corrected chi connectivity index (χ2v) is 16.3. The van der Waals surface area contributed by atoms with Crippen molar-refractivity contribution in [2.75, 3.05) is 6.61 Å². The number of esters is 1. The smallest absolute Gasteiger partial charge is 0.306 e. The molecule has 1 unspecified atom stereocenters. The third kappa shape index (κ3) is 47.0. The van der Waals surface area contributed by atoms with Crippen LogP contribution in [0.1, 0.15) is 285 Å². The molecule has 4 heteroatoms. The highest BCUT2D eigenvalue weighted by molar-refractivity contribution is 5.69. The van der Waals surface area contributed by atoms with Crippen LogP contribution in [0, 0.1) is 5.92 Å². The third-order valence-corrected chi connectivity index (χ3v) is 10.9. The number of ether oxygens (including phenoxy) is 1. The summed E-state index contributed by atoms with van der Waals surface area (Å²) >= 11 is 0. The Morgan fingerprint density at radius 2 is 0.615 bits per heavy atom. The summed E-state index contributed by atoms with van der Waals surface area (Å²) in [5.74, 6) is -0.656. The average molecular weight is 737 g/mol. The Kier molecular flexibility index (Phi) is 48.9. The SMILES string of the molecule is CCCCCCCCCCCCCCCCC(CCCCCC)C(=O)O.CCCCCCCCCCCCCCCCCC(=O)OCCCCCC. The molecule has 0 radical (unpaired) electrons. The van der Waals surface area contributed by atoms with E-state index in [0.717, 1.165) is 38.5 Å². The van der Waals surface area contributed by atoms with Gasteiger partial charge in [0.2, 0.25) is 0 Å². The first-order chi connectivity index (χ1) is 25.5. The summed E-state index contributed by atoms with van der Waals surface area (Å²) in [4.78, 5) is 22.9. The number of carboxylic acid groups (broad SMARTS) is 1. The maximum atomic E-state index is 11.6. The molecule has 0 saturated heterocycles. The highest BCUT2D eigenvalue weighted by Gasteiger charge is 2.16. The predicted molar refractivity (Wildman–Crippen MR) is 229 cm³/mol. The summed E-state index contributed by atoms with van der Waals surface area (Å²) in [5, 5.41) is 9.33. The lowest BCUT2D eigenvalue weighted by atomic mass is 9.94. The molecule has 0 spiro atoms. The molecule has 0 aromatic rings. The van der Waals surface area contributed by atoms with Gasteiger partial charge in [0.25, 0.3) is 0 Å². The number of carbonyl (C=O) groups excluding carboxylic acids is 1. The van der Waals surface area contributed by atoms with E-state index >= 15 is 0 Å². The summed E-state index contributed by atoms with van der Waals surface area (Å²) < 4.78 is 5.27. The summed E-state index contributed by atoms with van der Waals surface area (Å²) in [6.07, 6.45) is 51.2. The average Bonchev–Trinajstić information content (AvgIpc) is 3.14. The van der Waals surface area contributed by atoms with Gasteiger partial charge in [-0.25, -0.2) is 0 Å². The highest BCUT2D eigenvalue weighted by Crippen LogP contribution is 2.20. The Bertz CT molecular complexity index is 675. The molecular weight excluding hydrogens is 641 g/mol. The number of rotatable bonds is 42. The van der Waals surface area contributed by atoms with E-state index in [-0.39, 0.29) is 11.9 Å². The second-order valence-electron chi connectivity index (χ2n) is 16.3. The molecule has 0 saturated carbocycles. The Morgan fingerprint density at radius 3 is 0.923 bits per heavy atom. The van der Waals surface area contributed by atoms with Gasteiger partial charge in [-0.3, -0.25) is 9.59 Å². The molecule has 0 aliphatic heterocycles. The van der Waals surface area contributed by atoms with E-state index in [1.54, 1.807) is 0 Å². The monoisotopic (exact) mass is 737 g/mol. The van der Waals surface area contributed by atoms with Gasteiger partial charge >= 0.3 is 11.9 Å². The van der Waals surface area contributed by atoms with Gasteiger partial charge in [-0.2, -0.15) is 0 Å². The molecular formula is C48H96O4. The van der Waals surface area contributed by atoms with Crippen molar-refractivity contribution in [3.8, 4) is 0 Å². The van der Waals surface area contributed by atoms with Crippen LogP contribution in [0.4, 0.5) is 0 Å². The van der Waals surface area contributed by atoms with Gasteiger partial charge in [-0.15, -0.1) is 0 Å². The Morgan fingerprint density at radius 1 is 0.365 bits per heavy atom. The molecule has 52 heavy (non-hydrogen) atoms. The Hall–Kier alpha value is -1.06. The van der Waals surface area contributed by atoms with Crippen LogP contribution in [0.15, 0.2) is 0 Å². The van der Waals surface area contributed by atoms with E-state index in [1.807, 2.05) is 0 Å². The molecule has 1 N–H and O–H groups in total. The van der Waals surface area contributed by atoms with Crippen molar-refractivity contribution in [1.82, 2.24) is 0 Å². The van der Waals surface area contributed by atoms with Crippen LogP contribution in [0.3, 0.4) is 0 Å². The summed E-state index contributed by atoms with van der Waals surface area (Å²) in [6.45, 7) is 9.58. The maximum Gasteiger partial charge on any atom is 0.306 e. The molecule has 312 valence electrons. The zero-order valence-corrected chi connectivity index (χ0v) is 36.2. The van der Waals surface area contributed by atoms with Crippen molar-refractivity contribution in [1.29, 1.82) is 0 Å². The molecule has 0 aliphatic carbocycles. The Labute approximate surface area is 327 Å². The van der Waals surface area contributed by atoms with E-state index < -0.39 is 5.97 Å². The fraction of sp³-hybridized carbons (Fsp3) is 0.958. The molecule has 0 amide bonds. The molecule has 1 atom stereocenters. The van der Waals surface area contributed by atoms with Crippen LogP contribution in [-0.2, 0) is 14.3 Å². The predicted octanol–water partition coefficient (Wildman–Crippen LogP) is 16.9. The van der Waals surface area contributed by atoms with E-state index in [1.165, 1.54) is 212 Å². The van der Waals surface area contributed by atoms with Gasteiger partial charge in [0.15, 0.2) is 0 Å². The van der Waals surface area contributed by atoms with E-state index in [4.69, 9.17) is 4.74 Å². The number of aliphatic carboxylic acids is 1. The first-order valence-corrected chi connectivity index (χ1v) is 23.9. The minimum absolute atomic E-state index is 0.0104. The minimum Gasteiger partial charge on any atom is -0.481 e. The van der Waals surface area contributed by atoms with Crippen LogP contribution in [0.25, 0.3) is 0 Å². The molecule has 0 aliphatic rings. The normalized spacial score (nSPS) is 11.7. The molecule has 0 aromatic heterocycles. The van der Waals surface area contributed by atoms with E-state index in [9.17, 15) is 14.7 Å². The largest absolute Gasteiger partial charge is 0.481 e. The summed E-state index contributed by atoms with van der Waals surface area (Å²) in [7, 11) is 0. The minimum atomic E-state index is -0.573. The van der Waals surface area contributed by atoms with Gasteiger partial charge in [-0.05, 0) is 25.7 Å². The lowest BCUT2D eigenvalue weighted by Gasteiger charge is -2.12. The molecule has 0 bridgehead atoms. The zero-order chi connectivity index (χ0) is 38.4. The highest BCUT2D eigenvalue weighted by atomic mass is 16.5. The van der Waals surface area contributed by atoms with Crippen molar-refractivity contribution in [3.05, 3.63) is 0 Å². The van der Waals surface area contributed by atoms with Crippen LogP contribution >= 0.6 is 0 Å². The van der Waals surface area contributed by atoms with Crippen LogP contribution in [0.2, 0.25) is 0 Å². The number of hydrogen-bond donors (Lipinski definition) is 1. The van der Waals surface area contributed by atoms with E-state index in [2.05, 4.69) is 27.7 Å². The second kappa shape index (κ2) is 48.0. The van der Waals surface area contributed by atoms with Crippen molar-refractivity contribution >= 4 is 11.9 Å². The summed E-state index contributed by atoms with van der Waals surface area (Å²) in [5.41, 5.74) is 0. The maximum absolute atomic E-state index is 11.6. The van der Waals surface area contributed by atoms with Gasteiger partial charge in [0.05, 0.1) is 12.5 Å². The number of carbonyl (C=O) groups is 2. The van der Waals surface area contributed by atoms with Crippen molar-refractivity contribution < 1.29 is 19.4 Å². The van der Waals surface area contributed by atoms with Crippen LogP contribution in [-0.4, -0.2) is 23.7 Å². The fourth-order valence-corrected chi connectivity index (χ4v) is 7.22. The van der Waals surface area contributed by atoms with E-state index in [0.29, 0.717) is 13.0 Å². The van der Waals surface area contributed by atoms with Crippen LogP contribution in [0.5, 0.6) is 0 Å². The molecule has 4 nitrogen and oxygen atoms in total. The fourth-order valence-electron chi connectivity index (χ4n) is 7.22. The first kappa shape index (κ1) is 53.0. The lowest BCUT2D eigenvalue weighted by molar-refractivity contribution is -0.144. The van der Waals surface area contributed by atoms with Crippen LogP contribution < -0.4 is 0 Å². The molecule has 0 heterocycles. The van der Waals surface area contributed by atoms with Gasteiger partial charge < -0.3 is 9.84 Å². The topological polar surface area (TPSA) is 63.6 Å². The quantitative estimate of drug-likeness (QED) is 0.0501. The number of hydrogen-bond acceptors (Lipinski definition) is 3. The van der Waals surface area contributed by atoms with Crippen molar-refractivity contribution in [2.45, 2.75) is 285 Å². The number of unbranched alkanes of at least 4 members (excludes halogenated alkanes) is 33. The number of carboxylic acids is 1. The molecule has 0 fully saturated rings. The van der Waals surface area contributed by atoms with Crippen molar-refractivity contribution in [3.63, 3.8) is 0 Å². The summed E-state index contributed by atoms with van der Waals surface area (Å²) in [6, 6.07) is 0. The Balaban J connectivity index is 0. The lowest BCUT2D eigenvalue weighted by Crippen LogP contribution is -2.13. The third-order valence-electron chi connectivity index (χ3n) is 10.9. The van der Waals surface area contributed by atoms with Gasteiger partial charge in [0.1, 0.15) is 0 Å². The van der Waals surface area contributed by atoms with Gasteiger partial charge in [-0.1, -0.05) is 252 Å². The molecule has 0 aromatic carbocycles. The standard InChI is InChI=1S/2C24H48O2/c1-3-5-7-9-10-11-12-13-14-15-16-17-18-19-20-22-24(25)26-23-21-8-6-4-2;1-3-5-7-9-10-11-12-13-14-15-16-17-18-20-22-23(24(25)26)21-19-8-6-4-2/h3-23H2,1-2H3;23H,3-22H2,1-2H3,(H,25,26). The molecule has 0 rings (SSSR count).